The molecule has 0 radical (unpaired) electrons. The van der Waals surface area contributed by atoms with Crippen molar-refractivity contribution in [2.45, 2.75) is 52.6 Å². The van der Waals surface area contributed by atoms with Gasteiger partial charge in [0.05, 0.1) is 0 Å². The van der Waals surface area contributed by atoms with Gasteiger partial charge < -0.3 is 10.5 Å². The molecule has 0 atom stereocenters. The summed E-state index contributed by atoms with van der Waals surface area (Å²) in [6.45, 7) is 10.2. The third-order valence-corrected chi connectivity index (χ3v) is 3.56. The van der Waals surface area contributed by atoms with E-state index in [0.717, 1.165) is 31.0 Å². The molecule has 1 rings (SSSR count). The molecule has 0 aliphatic heterocycles. The molecule has 0 aromatic heterocycles. The molecule has 0 bridgehead atoms. The highest BCUT2D eigenvalue weighted by Gasteiger charge is 2.08. The van der Waals surface area contributed by atoms with Crippen molar-refractivity contribution < 1.29 is 4.74 Å². The zero-order valence-corrected chi connectivity index (χ0v) is 13.3. The van der Waals surface area contributed by atoms with Gasteiger partial charge in [-0.2, -0.15) is 0 Å². The summed E-state index contributed by atoms with van der Waals surface area (Å²) in [5.74, 6) is 0.921. The topological polar surface area (TPSA) is 38.5 Å². The van der Waals surface area contributed by atoms with E-state index in [9.17, 15) is 0 Å². The van der Waals surface area contributed by atoms with Crippen molar-refractivity contribution in [3.63, 3.8) is 0 Å². The van der Waals surface area contributed by atoms with Crippen LogP contribution in [-0.2, 0) is 6.54 Å². The van der Waals surface area contributed by atoms with E-state index in [2.05, 4.69) is 25.7 Å². The van der Waals surface area contributed by atoms with Crippen LogP contribution in [0.25, 0.3) is 0 Å². The molecule has 0 spiro atoms. The van der Waals surface area contributed by atoms with Gasteiger partial charge >= 0.3 is 0 Å². The number of rotatable bonds is 10. The Morgan fingerprint density at radius 3 is 2.65 bits per heavy atom. The van der Waals surface area contributed by atoms with Crippen molar-refractivity contribution in [3.8, 4) is 5.75 Å². The maximum Gasteiger partial charge on any atom is 0.119 e. The average molecular weight is 278 g/mol. The molecule has 0 saturated heterocycles. The summed E-state index contributed by atoms with van der Waals surface area (Å²) in [5, 5.41) is 0. The minimum absolute atomic E-state index is 0.562. The fourth-order valence-electron chi connectivity index (χ4n) is 2.24. The van der Waals surface area contributed by atoms with Gasteiger partial charge in [-0.1, -0.05) is 31.9 Å². The van der Waals surface area contributed by atoms with Gasteiger partial charge in [0.25, 0.3) is 0 Å². The molecular formula is C17H30N2O. The van der Waals surface area contributed by atoms with Crippen LogP contribution in [0.5, 0.6) is 5.75 Å². The Morgan fingerprint density at radius 1 is 1.20 bits per heavy atom. The minimum Gasteiger partial charge on any atom is -0.492 e. The Bertz CT molecular complexity index is 366. The fraction of sp³-hybridized carbons (Fsp3) is 0.647. The van der Waals surface area contributed by atoms with E-state index in [4.69, 9.17) is 10.5 Å². The lowest BCUT2D eigenvalue weighted by Crippen LogP contribution is -2.35. The average Bonchev–Trinajstić information content (AvgIpc) is 2.46. The van der Waals surface area contributed by atoms with Crippen LogP contribution in [0.3, 0.4) is 0 Å². The standard InChI is InChI=1S/C17H30N2O/c1-4-5-6-10-19(15(2)3)11-12-20-17-9-7-8-16(13-17)14-18/h7-9,13,15H,4-6,10-12,14,18H2,1-3H3. The van der Waals surface area contributed by atoms with E-state index in [1.807, 2.05) is 24.3 Å². The van der Waals surface area contributed by atoms with Crippen molar-refractivity contribution >= 4 is 0 Å². The van der Waals surface area contributed by atoms with Crippen LogP contribution < -0.4 is 10.5 Å². The molecule has 0 heterocycles. The Balaban J connectivity index is 2.35. The second kappa shape index (κ2) is 9.78. The van der Waals surface area contributed by atoms with Crippen LogP contribution in [0, 0.1) is 0 Å². The maximum absolute atomic E-state index is 5.84. The molecule has 3 nitrogen and oxygen atoms in total. The van der Waals surface area contributed by atoms with Crippen LogP contribution in [0.1, 0.15) is 45.6 Å². The monoisotopic (exact) mass is 278 g/mol. The lowest BCUT2D eigenvalue weighted by Gasteiger charge is -2.26. The number of nitrogens with zero attached hydrogens (tertiary/aromatic N) is 1. The third kappa shape index (κ3) is 6.40. The summed E-state index contributed by atoms with van der Waals surface area (Å²) >= 11 is 0. The summed E-state index contributed by atoms with van der Waals surface area (Å²) in [5.41, 5.74) is 6.76. The van der Waals surface area contributed by atoms with Crippen LogP contribution in [-0.4, -0.2) is 30.6 Å². The van der Waals surface area contributed by atoms with Crippen LogP contribution in [0.2, 0.25) is 0 Å². The minimum atomic E-state index is 0.562. The van der Waals surface area contributed by atoms with E-state index in [0.29, 0.717) is 12.6 Å². The molecule has 3 heteroatoms. The number of ether oxygens (including phenoxy) is 1. The number of hydrogen-bond donors (Lipinski definition) is 1. The van der Waals surface area contributed by atoms with Gasteiger partial charge in [0.15, 0.2) is 0 Å². The number of nitrogens with two attached hydrogens (primary N) is 1. The summed E-state index contributed by atoms with van der Waals surface area (Å²) in [7, 11) is 0. The number of benzene rings is 1. The largest absolute Gasteiger partial charge is 0.492 e. The molecule has 0 saturated carbocycles. The van der Waals surface area contributed by atoms with Crippen LogP contribution in [0.15, 0.2) is 24.3 Å². The molecular weight excluding hydrogens is 248 g/mol. The Hall–Kier alpha value is -1.06. The highest BCUT2D eigenvalue weighted by molar-refractivity contribution is 5.28. The molecule has 0 amide bonds. The summed E-state index contributed by atoms with van der Waals surface area (Å²) in [6.07, 6.45) is 3.86. The predicted octanol–water partition coefficient (Wildman–Crippen LogP) is 3.42. The van der Waals surface area contributed by atoms with Crippen molar-refractivity contribution in [1.82, 2.24) is 4.90 Å². The smallest absolute Gasteiger partial charge is 0.119 e. The molecule has 2 N–H and O–H groups in total. The van der Waals surface area contributed by atoms with Gasteiger partial charge in [-0.25, -0.2) is 0 Å². The Morgan fingerprint density at radius 2 is 2.00 bits per heavy atom. The van der Waals surface area contributed by atoms with E-state index in [1.54, 1.807) is 0 Å². The molecule has 0 aliphatic rings. The van der Waals surface area contributed by atoms with Gasteiger partial charge in [-0.3, -0.25) is 4.90 Å². The highest BCUT2D eigenvalue weighted by atomic mass is 16.5. The van der Waals surface area contributed by atoms with Gasteiger partial charge in [-0.05, 0) is 44.5 Å². The zero-order chi connectivity index (χ0) is 14.8. The molecule has 20 heavy (non-hydrogen) atoms. The van der Waals surface area contributed by atoms with Gasteiger partial charge in [-0.15, -0.1) is 0 Å². The van der Waals surface area contributed by atoms with Crippen molar-refractivity contribution in [3.05, 3.63) is 29.8 Å². The third-order valence-electron chi connectivity index (χ3n) is 3.56. The van der Waals surface area contributed by atoms with Crippen molar-refractivity contribution in [2.75, 3.05) is 19.7 Å². The molecule has 1 aromatic carbocycles. The van der Waals surface area contributed by atoms with Gasteiger partial charge in [0, 0.05) is 19.1 Å². The molecule has 0 fully saturated rings. The SMILES string of the molecule is CCCCCN(CCOc1cccc(CN)c1)C(C)C. The first-order valence-corrected chi connectivity index (χ1v) is 7.83. The molecule has 1 aromatic rings. The lowest BCUT2D eigenvalue weighted by atomic mass is 10.2. The molecule has 114 valence electrons. The fourth-order valence-corrected chi connectivity index (χ4v) is 2.24. The lowest BCUT2D eigenvalue weighted by molar-refractivity contribution is 0.173. The first-order valence-electron chi connectivity index (χ1n) is 7.83. The van der Waals surface area contributed by atoms with Gasteiger partial charge in [0.2, 0.25) is 0 Å². The van der Waals surface area contributed by atoms with Crippen LogP contribution >= 0.6 is 0 Å². The summed E-state index contributed by atoms with van der Waals surface area (Å²) in [6, 6.07) is 8.62. The Labute approximate surface area is 124 Å². The second-order valence-corrected chi connectivity index (χ2v) is 5.54. The predicted molar refractivity (Wildman–Crippen MR) is 86.1 cm³/mol. The first-order chi connectivity index (χ1) is 9.67. The second-order valence-electron chi connectivity index (χ2n) is 5.54. The van der Waals surface area contributed by atoms with Gasteiger partial charge in [0.1, 0.15) is 12.4 Å². The van der Waals surface area contributed by atoms with E-state index < -0.39 is 0 Å². The van der Waals surface area contributed by atoms with Crippen molar-refractivity contribution in [1.29, 1.82) is 0 Å². The molecule has 0 aliphatic carbocycles. The maximum atomic E-state index is 5.84. The van der Waals surface area contributed by atoms with E-state index in [-0.39, 0.29) is 0 Å². The first kappa shape index (κ1) is 17.0. The van der Waals surface area contributed by atoms with Crippen LogP contribution in [0.4, 0.5) is 0 Å². The number of hydrogen-bond acceptors (Lipinski definition) is 3. The normalized spacial score (nSPS) is 11.3. The molecule has 0 unspecified atom stereocenters. The summed E-state index contributed by atoms with van der Waals surface area (Å²) in [4.78, 5) is 2.49. The Kier molecular flexibility index (Phi) is 8.31. The number of unbranched alkanes of at least 4 members (excludes halogenated alkanes) is 2. The zero-order valence-electron chi connectivity index (χ0n) is 13.3. The van der Waals surface area contributed by atoms with E-state index in [1.165, 1.54) is 19.3 Å². The van der Waals surface area contributed by atoms with Crippen molar-refractivity contribution in [2.24, 2.45) is 5.73 Å². The quantitative estimate of drug-likeness (QED) is 0.666. The van der Waals surface area contributed by atoms with E-state index >= 15 is 0 Å². The highest BCUT2D eigenvalue weighted by Crippen LogP contribution is 2.13. The summed E-state index contributed by atoms with van der Waals surface area (Å²) < 4.78 is 5.84.